The molecule has 124 valence electrons. The number of para-hydroxylation sites is 1. The van der Waals surface area contributed by atoms with Crippen molar-refractivity contribution in [2.24, 2.45) is 0 Å². The number of thiazole rings is 1. The van der Waals surface area contributed by atoms with Gasteiger partial charge in [-0.05, 0) is 29.8 Å². The number of hydrogen-bond acceptors (Lipinski definition) is 6. The summed E-state index contributed by atoms with van der Waals surface area (Å²) in [6.07, 6.45) is 0. The SMILES string of the molecule is CC(CNc1cc(CO)ccc1[N+](=O)[O-])c1nc2ccccc2s1. The van der Waals surface area contributed by atoms with Crippen molar-refractivity contribution in [2.45, 2.75) is 19.4 Å². The highest BCUT2D eigenvalue weighted by Gasteiger charge is 2.16. The molecule has 7 heteroatoms. The number of nitrogens with one attached hydrogen (secondary N) is 1. The van der Waals surface area contributed by atoms with Gasteiger partial charge in [0.15, 0.2) is 0 Å². The van der Waals surface area contributed by atoms with Crippen LogP contribution >= 0.6 is 11.3 Å². The van der Waals surface area contributed by atoms with Crippen molar-refractivity contribution in [3.05, 3.63) is 63.1 Å². The topological polar surface area (TPSA) is 88.3 Å². The molecule has 1 atom stereocenters. The molecule has 1 heterocycles. The van der Waals surface area contributed by atoms with Gasteiger partial charge in [0.1, 0.15) is 5.69 Å². The van der Waals surface area contributed by atoms with Crippen LogP contribution in [0.5, 0.6) is 0 Å². The van der Waals surface area contributed by atoms with Crippen LogP contribution in [0.3, 0.4) is 0 Å². The summed E-state index contributed by atoms with van der Waals surface area (Å²) in [5.41, 5.74) is 2.02. The standard InChI is InChI=1S/C17H17N3O3S/c1-11(17-19-13-4-2-3-5-16(13)24-17)9-18-14-8-12(10-21)6-7-15(14)20(22)23/h2-8,11,18,21H,9-10H2,1H3. The predicted molar refractivity (Wildman–Crippen MR) is 95.5 cm³/mol. The first-order valence-electron chi connectivity index (χ1n) is 7.56. The van der Waals surface area contributed by atoms with Crippen LogP contribution in [0, 0.1) is 10.1 Å². The van der Waals surface area contributed by atoms with Gasteiger partial charge in [0.25, 0.3) is 5.69 Å². The van der Waals surface area contributed by atoms with Crippen LogP contribution in [0.4, 0.5) is 11.4 Å². The zero-order chi connectivity index (χ0) is 17.1. The van der Waals surface area contributed by atoms with Crippen LogP contribution in [0.25, 0.3) is 10.2 Å². The number of fused-ring (bicyclic) bond motifs is 1. The largest absolute Gasteiger partial charge is 0.392 e. The van der Waals surface area contributed by atoms with E-state index in [1.165, 1.54) is 6.07 Å². The van der Waals surface area contributed by atoms with Crippen LogP contribution in [-0.2, 0) is 6.61 Å². The van der Waals surface area contributed by atoms with E-state index in [2.05, 4.69) is 10.3 Å². The van der Waals surface area contributed by atoms with Gasteiger partial charge in [-0.25, -0.2) is 4.98 Å². The summed E-state index contributed by atoms with van der Waals surface area (Å²) in [4.78, 5) is 15.3. The molecule has 3 aromatic rings. The number of aliphatic hydroxyl groups is 1. The maximum Gasteiger partial charge on any atom is 0.292 e. The fourth-order valence-corrected chi connectivity index (χ4v) is 3.45. The number of hydrogen-bond donors (Lipinski definition) is 2. The third-order valence-electron chi connectivity index (χ3n) is 3.77. The molecule has 0 radical (unpaired) electrons. The van der Waals surface area contributed by atoms with E-state index in [0.717, 1.165) is 15.2 Å². The van der Waals surface area contributed by atoms with Crippen molar-refractivity contribution in [2.75, 3.05) is 11.9 Å². The molecule has 0 amide bonds. The van der Waals surface area contributed by atoms with Crippen molar-refractivity contribution in [3.63, 3.8) is 0 Å². The van der Waals surface area contributed by atoms with Gasteiger partial charge in [0.05, 0.1) is 26.8 Å². The molecule has 0 saturated heterocycles. The molecule has 0 fully saturated rings. The first-order chi connectivity index (χ1) is 11.6. The summed E-state index contributed by atoms with van der Waals surface area (Å²) in [5.74, 6) is 0.111. The van der Waals surface area contributed by atoms with E-state index in [-0.39, 0.29) is 18.2 Å². The van der Waals surface area contributed by atoms with Crippen LogP contribution in [0.1, 0.15) is 23.4 Å². The smallest absolute Gasteiger partial charge is 0.292 e. The van der Waals surface area contributed by atoms with E-state index < -0.39 is 4.92 Å². The molecule has 0 aliphatic heterocycles. The highest BCUT2D eigenvalue weighted by atomic mass is 32.1. The Kier molecular flexibility index (Phi) is 4.73. The Bertz CT molecular complexity index is 845. The van der Waals surface area contributed by atoms with Crippen LogP contribution in [-0.4, -0.2) is 21.6 Å². The zero-order valence-electron chi connectivity index (χ0n) is 13.1. The molecular weight excluding hydrogens is 326 g/mol. The molecule has 0 saturated carbocycles. The van der Waals surface area contributed by atoms with Gasteiger partial charge in [0.2, 0.25) is 0 Å². The van der Waals surface area contributed by atoms with Crippen LogP contribution in [0.15, 0.2) is 42.5 Å². The van der Waals surface area contributed by atoms with Crippen LogP contribution < -0.4 is 5.32 Å². The minimum Gasteiger partial charge on any atom is -0.392 e. The van der Waals surface area contributed by atoms with Gasteiger partial charge in [-0.1, -0.05) is 19.1 Å². The Morgan fingerprint density at radius 1 is 1.33 bits per heavy atom. The molecule has 6 nitrogen and oxygen atoms in total. The average Bonchev–Trinajstić information content (AvgIpc) is 3.03. The number of nitro benzene ring substituents is 1. The van der Waals surface area contributed by atoms with E-state index in [0.29, 0.717) is 17.8 Å². The lowest BCUT2D eigenvalue weighted by atomic mass is 10.1. The summed E-state index contributed by atoms with van der Waals surface area (Å²) in [6, 6.07) is 12.5. The number of nitro groups is 1. The fraction of sp³-hybridized carbons (Fsp3) is 0.235. The minimum atomic E-state index is -0.425. The van der Waals surface area contributed by atoms with Crippen molar-refractivity contribution in [1.29, 1.82) is 0 Å². The minimum absolute atomic E-state index is 0.00343. The highest BCUT2D eigenvalue weighted by Crippen LogP contribution is 2.29. The molecule has 24 heavy (non-hydrogen) atoms. The summed E-state index contributed by atoms with van der Waals surface area (Å²) in [5, 5.41) is 24.5. The second-order valence-electron chi connectivity index (χ2n) is 5.57. The Balaban J connectivity index is 1.78. The normalized spacial score (nSPS) is 12.2. The van der Waals surface area contributed by atoms with Gasteiger partial charge in [0, 0.05) is 18.5 Å². The maximum atomic E-state index is 11.1. The Hall–Kier alpha value is -2.51. The average molecular weight is 343 g/mol. The molecular formula is C17H17N3O3S. The van der Waals surface area contributed by atoms with Gasteiger partial charge >= 0.3 is 0 Å². The molecule has 0 spiro atoms. The van der Waals surface area contributed by atoms with Gasteiger partial charge in [-0.15, -0.1) is 11.3 Å². The first-order valence-corrected chi connectivity index (χ1v) is 8.37. The number of aromatic nitrogens is 1. The summed E-state index contributed by atoms with van der Waals surface area (Å²) in [7, 11) is 0. The summed E-state index contributed by atoms with van der Waals surface area (Å²) < 4.78 is 1.13. The van der Waals surface area contributed by atoms with E-state index in [9.17, 15) is 15.2 Å². The van der Waals surface area contributed by atoms with Crippen molar-refractivity contribution in [3.8, 4) is 0 Å². The molecule has 2 N–H and O–H groups in total. The van der Waals surface area contributed by atoms with E-state index in [1.54, 1.807) is 23.5 Å². The van der Waals surface area contributed by atoms with Gasteiger partial charge in [-0.2, -0.15) is 0 Å². The predicted octanol–water partition coefficient (Wildman–Crippen LogP) is 3.91. The molecule has 0 aliphatic rings. The number of benzene rings is 2. The number of nitrogens with zero attached hydrogens (tertiary/aromatic N) is 2. The summed E-state index contributed by atoms with van der Waals surface area (Å²) >= 11 is 1.63. The third kappa shape index (κ3) is 3.37. The van der Waals surface area contributed by atoms with Gasteiger partial charge < -0.3 is 10.4 Å². The quantitative estimate of drug-likeness (QED) is 0.523. The fourth-order valence-electron chi connectivity index (χ4n) is 2.43. The monoisotopic (exact) mass is 343 g/mol. The molecule has 3 rings (SSSR count). The lowest BCUT2D eigenvalue weighted by Gasteiger charge is -2.12. The Morgan fingerprint density at radius 3 is 2.83 bits per heavy atom. The number of aliphatic hydroxyl groups excluding tert-OH is 1. The van der Waals surface area contributed by atoms with Crippen molar-refractivity contribution in [1.82, 2.24) is 4.98 Å². The Morgan fingerprint density at radius 2 is 2.12 bits per heavy atom. The Labute approximate surface area is 142 Å². The van der Waals surface area contributed by atoms with Crippen LogP contribution in [0.2, 0.25) is 0 Å². The van der Waals surface area contributed by atoms with E-state index in [1.807, 2.05) is 31.2 Å². The number of rotatable bonds is 6. The van der Waals surface area contributed by atoms with E-state index >= 15 is 0 Å². The lowest BCUT2D eigenvalue weighted by molar-refractivity contribution is -0.384. The second kappa shape index (κ2) is 6.94. The zero-order valence-corrected chi connectivity index (χ0v) is 13.9. The molecule has 0 bridgehead atoms. The third-order valence-corrected chi connectivity index (χ3v) is 5.04. The van der Waals surface area contributed by atoms with Crippen molar-refractivity contribution < 1.29 is 10.0 Å². The number of anilines is 1. The highest BCUT2D eigenvalue weighted by molar-refractivity contribution is 7.18. The second-order valence-corrected chi connectivity index (χ2v) is 6.63. The molecule has 1 unspecified atom stereocenters. The maximum absolute atomic E-state index is 11.1. The van der Waals surface area contributed by atoms with Crippen molar-refractivity contribution >= 4 is 32.9 Å². The van der Waals surface area contributed by atoms with E-state index in [4.69, 9.17) is 0 Å². The molecule has 2 aromatic carbocycles. The summed E-state index contributed by atoms with van der Waals surface area (Å²) in [6.45, 7) is 2.40. The first kappa shape index (κ1) is 16.4. The lowest BCUT2D eigenvalue weighted by Crippen LogP contribution is -2.11. The molecule has 0 aliphatic carbocycles. The molecule has 1 aromatic heterocycles. The van der Waals surface area contributed by atoms with Gasteiger partial charge in [-0.3, -0.25) is 10.1 Å².